The van der Waals surface area contributed by atoms with Gasteiger partial charge in [0.05, 0.1) is 0 Å². The standard InChI is InChI=1S/C18H32N2/c1-6-8-20(9-7-2)13-17(12-19)18-15(4)10-14(3)11-16(18)5/h10-11,17H,6-9,12-13,19H2,1-5H3. The van der Waals surface area contributed by atoms with Crippen molar-refractivity contribution in [2.75, 3.05) is 26.2 Å². The van der Waals surface area contributed by atoms with E-state index in [2.05, 4.69) is 51.7 Å². The second-order valence-corrected chi connectivity index (χ2v) is 6.05. The van der Waals surface area contributed by atoms with Crippen molar-refractivity contribution in [3.63, 3.8) is 0 Å². The van der Waals surface area contributed by atoms with E-state index < -0.39 is 0 Å². The maximum absolute atomic E-state index is 6.09. The maximum atomic E-state index is 6.09. The summed E-state index contributed by atoms with van der Waals surface area (Å²) in [6.45, 7) is 15.3. The zero-order valence-electron chi connectivity index (χ0n) is 14.0. The quantitative estimate of drug-likeness (QED) is 0.783. The normalized spacial score (nSPS) is 12.9. The lowest BCUT2D eigenvalue weighted by Crippen LogP contribution is -2.33. The minimum atomic E-state index is 0.452. The van der Waals surface area contributed by atoms with Crippen LogP contribution in [0.4, 0.5) is 0 Å². The van der Waals surface area contributed by atoms with Crippen molar-refractivity contribution in [1.82, 2.24) is 4.90 Å². The molecule has 1 rings (SSSR count). The van der Waals surface area contributed by atoms with Crippen LogP contribution in [0.2, 0.25) is 0 Å². The van der Waals surface area contributed by atoms with Gasteiger partial charge in [-0.15, -0.1) is 0 Å². The number of nitrogens with zero attached hydrogens (tertiary/aromatic N) is 1. The van der Waals surface area contributed by atoms with Crippen LogP contribution in [0, 0.1) is 20.8 Å². The van der Waals surface area contributed by atoms with Crippen molar-refractivity contribution in [3.8, 4) is 0 Å². The highest BCUT2D eigenvalue weighted by molar-refractivity contribution is 5.40. The Labute approximate surface area is 125 Å². The van der Waals surface area contributed by atoms with Gasteiger partial charge in [-0.2, -0.15) is 0 Å². The lowest BCUT2D eigenvalue weighted by molar-refractivity contribution is 0.258. The van der Waals surface area contributed by atoms with Crippen molar-refractivity contribution < 1.29 is 0 Å². The molecule has 0 bridgehead atoms. The minimum absolute atomic E-state index is 0.452. The number of aryl methyl sites for hydroxylation is 3. The average Bonchev–Trinajstić information content (AvgIpc) is 2.36. The fourth-order valence-electron chi connectivity index (χ4n) is 3.36. The van der Waals surface area contributed by atoms with Crippen LogP contribution >= 0.6 is 0 Å². The molecule has 1 aromatic rings. The maximum Gasteiger partial charge on any atom is 0.00940 e. The Bertz CT molecular complexity index is 383. The molecule has 20 heavy (non-hydrogen) atoms. The van der Waals surface area contributed by atoms with Crippen molar-refractivity contribution in [1.29, 1.82) is 0 Å². The Morgan fingerprint density at radius 3 is 1.90 bits per heavy atom. The van der Waals surface area contributed by atoms with E-state index in [9.17, 15) is 0 Å². The van der Waals surface area contributed by atoms with Crippen LogP contribution < -0.4 is 5.73 Å². The van der Waals surface area contributed by atoms with Crippen LogP contribution in [0.1, 0.15) is 54.9 Å². The SMILES string of the molecule is CCCN(CCC)CC(CN)c1c(C)cc(C)cc1C. The molecule has 0 aromatic heterocycles. The van der Waals surface area contributed by atoms with Crippen molar-refractivity contribution in [3.05, 3.63) is 34.4 Å². The fourth-order valence-corrected chi connectivity index (χ4v) is 3.36. The first-order chi connectivity index (χ1) is 9.53. The van der Waals surface area contributed by atoms with E-state index in [1.807, 2.05) is 0 Å². The molecule has 0 heterocycles. The van der Waals surface area contributed by atoms with E-state index in [1.54, 1.807) is 0 Å². The Morgan fingerprint density at radius 2 is 1.50 bits per heavy atom. The van der Waals surface area contributed by atoms with E-state index in [0.29, 0.717) is 5.92 Å². The largest absolute Gasteiger partial charge is 0.330 e. The number of nitrogens with two attached hydrogens (primary N) is 1. The predicted molar refractivity (Wildman–Crippen MR) is 89.5 cm³/mol. The molecular formula is C18H32N2. The average molecular weight is 276 g/mol. The van der Waals surface area contributed by atoms with E-state index in [4.69, 9.17) is 5.73 Å². The van der Waals surface area contributed by atoms with Crippen LogP contribution in [-0.4, -0.2) is 31.1 Å². The molecule has 1 aromatic carbocycles. The summed E-state index contributed by atoms with van der Waals surface area (Å²) in [5, 5.41) is 0. The molecule has 2 heteroatoms. The molecular weight excluding hydrogens is 244 g/mol. The molecule has 2 N–H and O–H groups in total. The summed E-state index contributed by atoms with van der Waals surface area (Å²) in [4.78, 5) is 2.57. The van der Waals surface area contributed by atoms with Gasteiger partial charge in [-0.05, 0) is 63.4 Å². The van der Waals surface area contributed by atoms with E-state index in [0.717, 1.165) is 13.1 Å². The molecule has 0 spiro atoms. The summed E-state index contributed by atoms with van der Waals surface area (Å²) in [6, 6.07) is 4.57. The summed E-state index contributed by atoms with van der Waals surface area (Å²) in [6.07, 6.45) is 2.42. The molecule has 0 radical (unpaired) electrons. The van der Waals surface area contributed by atoms with Gasteiger partial charge in [-0.25, -0.2) is 0 Å². The molecule has 0 amide bonds. The fraction of sp³-hybridized carbons (Fsp3) is 0.667. The topological polar surface area (TPSA) is 29.3 Å². The first kappa shape index (κ1) is 17.2. The third kappa shape index (κ3) is 4.60. The monoisotopic (exact) mass is 276 g/mol. The number of benzene rings is 1. The second kappa shape index (κ2) is 8.43. The van der Waals surface area contributed by atoms with Gasteiger partial charge in [0.25, 0.3) is 0 Å². The van der Waals surface area contributed by atoms with Gasteiger partial charge in [-0.1, -0.05) is 31.5 Å². The lowest BCUT2D eigenvalue weighted by Gasteiger charge is -2.28. The van der Waals surface area contributed by atoms with Gasteiger partial charge in [0.1, 0.15) is 0 Å². The Kier molecular flexibility index (Phi) is 7.25. The molecule has 0 aliphatic carbocycles. The van der Waals surface area contributed by atoms with E-state index >= 15 is 0 Å². The van der Waals surface area contributed by atoms with Crippen molar-refractivity contribution in [2.45, 2.75) is 53.4 Å². The highest BCUT2D eigenvalue weighted by atomic mass is 15.1. The van der Waals surface area contributed by atoms with E-state index in [1.165, 1.54) is 48.2 Å². The molecule has 0 aliphatic rings. The van der Waals surface area contributed by atoms with Gasteiger partial charge in [-0.3, -0.25) is 0 Å². The molecule has 0 fully saturated rings. The van der Waals surface area contributed by atoms with Crippen LogP contribution in [0.5, 0.6) is 0 Å². The summed E-state index contributed by atoms with van der Waals surface area (Å²) in [7, 11) is 0. The van der Waals surface area contributed by atoms with Gasteiger partial charge in [0.2, 0.25) is 0 Å². The van der Waals surface area contributed by atoms with Gasteiger partial charge in [0.15, 0.2) is 0 Å². The number of rotatable bonds is 8. The minimum Gasteiger partial charge on any atom is -0.330 e. The second-order valence-electron chi connectivity index (χ2n) is 6.05. The first-order valence-corrected chi connectivity index (χ1v) is 8.03. The molecule has 1 unspecified atom stereocenters. The summed E-state index contributed by atoms with van der Waals surface area (Å²) in [5.74, 6) is 0.452. The van der Waals surface area contributed by atoms with Gasteiger partial charge >= 0.3 is 0 Å². The smallest absolute Gasteiger partial charge is 0.00940 e. The van der Waals surface area contributed by atoms with Crippen molar-refractivity contribution in [2.24, 2.45) is 5.73 Å². The molecule has 1 atom stereocenters. The molecule has 2 nitrogen and oxygen atoms in total. The van der Waals surface area contributed by atoms with E-state index in [-0.39, 0.29) is 0 Å². The van der Waals surface area contributed by atoms with Crippen molar-refractivity contribution >= 4 is 0 Å². The zero-order valence-corrected chi connectivity index (χ0v) is 14.0. The van der Waals surface area contributed by atoms with Gasteiger partial charge < -0.3 is 10.6 Å². The van der Waals surface area contributed by atoms with Gasteiger partial charge in [0, 0.05) is 19.0 Å². The lowest BCUT2D eigenvalue weighted by atomic mass is 9.89. The first-order valence-electron chi connectivity index (χ1n) is 8.03. The Morgan fingerprint density at radius 1 is 1.00 bits per heavy atom. The highest BCUT2D eigenvalue weighted by Gasteiger charge is 2.18. The Hall–Kier alpha value is -0.860. The van der Waals surface area contributed by atoms with Crippen LogP contribution in [-0.2, 0) is 0 Å². The molecule has 114 valence electrons. The summed E-state index contributed by atoms with van der Waals surface area (Å²) >= 11 is 0. The van der Waals surface area contributed by atoms with Crippen LogP contribution in [0.15, 0.2) is 12.1 Å². The Balaban J connectivity index is 2.95. The predicted octanol–water partition coefficient (Wildman–Crippen LogP) is 3.78. The zero-order chi connectivity index (χ0) is 15.1. The molecule has 0 saturated heterocycles. The third-order valence-electron chi connectivity index (χ3n) is 3.99. The summed E-state index contributed by atoms with van der Waals surface area (Å²) in [5.41, 5.74) is 11.7. The number of hydrogen-bond donors (Lipinski definition) is 1. The summed E-state index contributed by atoms with van der Waals surface area (Å²) < 4.78 is 0. The van der Waals surface area contributed by atoms with Crippen LogP contribution in [0.25, 0.3) is 0 Å². The molecule has 0 aliphatic heterocycles. The molecule has 0 saturated carbocycles. The van der Waals surface area contributed by atoms with Crippen LogP contribution in [0.3, 0.4) is 0 Å². The third-order valence-corrected chi connectivity index (χ3v) is 3.99. The number of hydrogen-bond acceptors (Lipinski definition) is 2. The highest BCUT2D eigenvalue weighted by Crippen LogP contribution is 2.25.